The molecule has 39 heavy (non-hydrogen) atoms. The average molecular weight is 555 g/mol. The number of nitrogens with one attached hydrogen (secondary N) is 1. The van der Waals surface area contributed by atoms with E-state index in [0.29, 0.717) is 35.8 Å². The van der Waals surface area contributed by atoms with Crippen LogP contribution in [0.1, 0.15) is 43.4 Å². The maximum atomic E-state index is 13.9. The number of nitrogens with zero attached hydrogens (tertiary/aromatic N) is 1. The van der Waals surface area contributed by atoms with Crippen molar-refractivity contribution in [3.8, 4) is 16.9 Å². The zero-order chi connectivity index (χ0) is 28.2. The van der Waals surface area contributed by atoms with Gasteiger partial charge in [0.05, 0.1) is 18.7 Å². The molecule has 0 unspecified atom stereocenters. The monoisotopic (exact) mass is 554 g/mol. The highest BCUT2D eigenvalue weighted by Gasteiger charge is 2.26. The third-order valence-corrected chi connectivity index (χ3v) is 7.37. The fourth-order valence-electron chi connectivity index (χ4n) is 4.01. The second-order valence-corrected chi connectivity index (χ2v) is 12.1. The number of aromatic nitrogens is 1. The number of pyridine rings is 1. The molecule has 0 aliphatic carbocycles. The lowest BCUT2D eigenvalue weighted by molar-refractivity contribution is -0.136. The van der Waals surface area contributed by atoms with Crippen molar-refractivity contribution in [2.45, 2.75) is 51.7 Å². The van der Waals surface area contributed by atoms with E-state index in [4.69, 9.17) is 13.9 Å². The molecule has 0 radical (unpaired) electrons. The summed E-state index contributed by atoms with van der Waals surface area (Å²) in [5.74, 6) is -0.721. The maximum absolute atomic E-state index is 13.9. The molecule has 10 heteroatoms. The Balaban J connectivity index is 1.67. The van der Waals surface area contributed by atoms with E-state index in [1.807, 2.05) is 51.1 Å². The lowest BCUT2D eigenvalue weighted by atomic mass is 10.0. The zero-order valence-electron chi connectivity index (χ0n) is 22.2. The Bertz CT molecular complexity index is 1470. The first-order valence-corrected chi connectivity index (χ1v) is 13.5. The quantitative estimate of drug-likeness (QED) is 0.232. The number of carbonyl (C=O) groups is 1. The van der Waals surface area contributed by atoms with Crippen LogP contribution in [0.5, 0.6) is 5.75 Å². The first-order chi connectivity index (χ1) is 18.5. The van der Waals surface area contributed by atoms with Crippen LogP contribution in [0.2, 0.25) is 0 Å². The number of carboxylic acid groups (broad SMARTS) is 1. The van der Waals surface area contributed by atoms with Gasteiger partial charge < -0.3 is 23.6 Å². The van der Waals surface area contributed by atoms with Crippen LogP contribution in [0.3, 0.4) is 0 Å². The van der Waals surface area contributed by atoms with Crippen LogP contribution < -0.4 is 9.46 Å². The molecule has 2 N–H and O–H groups in total. The fraction of sp³-hybridized carbons (Fsp3) is 0.310. The van der Waals surface area contributed by atoms with Gasteiger partial charge >= 0.3 is 5.97 Å². The molecule has 8 nitrogen and oxygen atoms in total. The summed E-state index contributed by atoms with van der Waals surface area (Å²) in [5.41, 5.74) is 4.16. The van der Waals surface area contributed by atoms with E-state index in [-0.39, 0.29) is 18.8 Å². The van der Waals surface area contributed by atoms with E-state index in [9.17, 15) is 18.8 Å². The standard InChI is InChI=1S/C29H31FN2O6S/c1-29(2,3)39(35)32-15-23-11-19(7-8-31-23)25-10-18(9-21-12-24(17-36-4)38-28(21)25)16-37-26-14-22(30)6-5-20(26)13-27(33)34/h5-12,14,32H,13,15-17H2,1-4H3,(H,33,34)/t39-/m0/s1. The molecular weight excluding hydrogens is 523 g/mol. The predicted molar refractivity (Wildman–Crippen MR) is 147 cm³/mol. The van der Waals surface area contributed by atoms with Gasteiger partial charge in [-0.3, -0.25) is 9.78 Å². The van der Waals surface area contributed by atoms with E-state index in [1.165, 1.54) is 18.2 Å². The minimum absolute atomic E-state index is 0.0772. The molecule has 206 valence electrons. The number of rotatable bonds is 11. The second kappa shape index (κ2) is 12.2. The lowest BCUT2D eigenvalue weighted by Crippen LogP contribution is -2.39. The van der Waals surface area contributed by atoms with E-state index < -0.39 is 27.9 Å². The van der Waals surface area contributed by atoms with Crippen molar-refractivity contribution >= 4 is 28.3 Å². The Morgan fingerprint density at radius 3 is 2.67 bits per heavy atom. The molecule has 1 atom stereocenters. The second-order valence-electron chi connectivity index (χ2n) is 10.1. The van der Waals surface area contributed by atoms with Crippen molar-refractivity contribution in [3.63, 3.8) is 0 Å². The van der Waals surface area contributed by atoms with Crippen molar-refractivity contribution < 1.29 is 32.7 Å². The Morgan fingerprint density at radius 1 is 1.15 bits per heavy atom. The van der Waals surface area contributed by atoms with Crippen LogP contribution in [0.4, 0.5) is 4.39 Å². The largest absolute Gasteiger partial charge is 0.598 e. The number of benzene rings is 2. The van der Waals surface area contributed by atoms with Gasteiger partial charge in [-0.25, -0.2) is 4.39 Å². The normalized spacial score (nSPS) is 12.6. The summed E-state index contributed by atoms with van der Waals surface area (Å²) in [6, 6.07) is 13.3. The molecule has 4 aromatic rings. The first kappa shape index (κ1) is 28.6. The molecule has 0 aliphatic heterocycles. The molecule has 0 saturated carbocycles. The van der Waals surface area contributed by atoms with Gasteiger partial charge in [0.15, 0.2) is 0 Å². The third kappa shape index (κ3) is 7.36. The summed E-state index contributed by atoms with van der Waals surface area (Å²) in [6.45, 7) is 6.39. The molecule has 4 rings (SSSR count). The number of methoxy groups -OCH3 is 1. The highest BCUT2D eigenvalue weighted by atomic mass is 32.2. The summed E-state index contributed by atoms with van der Waals surface area (Å²) in [7, 11) is 1.59. The van der Waals surface area contributed by atoms with Crippen molar-refractivity contribution in [2.24, 2.45) is 0 Å². The number of aliphatic carboxylic acids is 1. The minimum atomic E-state index is -1.24. The van der Waals surface area contributed by atoms with Crippen molar-refractivity contribution in [2.75, 3.05) is 7.11 Å². The minimum Gasteiger partial charge on any atom is -0.598 e. The summed E-state index contributed by atoms with van der Waals surface area (Å²) < 4.78 is 46.2. The number of carboxylic acids is 1. The molecule has 0 amide bonds. The number of fused-ring (bicyclic) bond motifs is 1. The smallest absolute Gasteiger partial charge is 0.307 e. The Kier molecular flexibility index (Phi) is 8.91. The van der Waals surface area contributed by atoms with Crippen LogP contribution in [-0.4, -0.2) is 32.5 Å². The Hall–Kier alpha value is -3.44. The highest BCUT2D eigenvalue weighted by molar-refractivity contribution is 7.90. The van der Waals surface area contributed by atoms with Gasteiger partial charge in [-0.05, 0) is 68.3 Å². The zero-order valence-corrected chi connectivity index (χ0v) is 23.1. The van der Waals surface area contributed by atoms with Gasteiger partial charge in [-0.1, -0.05) is 6.07 Å². The van der Waals surface area contributed by atoms with Crippen LogP contribution >= 0.6 is 0 Å². The molecule has 0 saturated heterocycles. The number of halogens is 1. The van der Waals surface area contributed by atoms with Gasteiger partial charge in [0.2, 0.25) is 0 Å². The number of hydrogen-bond donors (Lipinski definition) is 2. The van der Waals surface area contributed by atoms with E-state index in [2.05, 4.69) is 9.71 Å². The summed E-state index contributed by atoms with van der Waals surface area (Å²) in [6.07, 6.45) is 1.40. The summed E-state index contributed by atoms with van der Waals surface area (Å²) in [5, 5.41) is 10.0. The van der Waals surface area contributed by atoms with Crippen LogP contribution in [0.15, 0.2) is 59.1 Å². The van der Waals surface area contributed by atoms with Gasteiger partial charge in [0, 0.05) is 47.2 Å². The van der Waals surface area contributed by atoms with Crippen LogP contribution in [0, 0.1) is 5.82 Å². The van der Waals surface area contributed by atoms with E-state index in [1.54, 1.807) is 13.3 Å². The molecule has 0 fully saturated rings. The summed E-state index contributed by atoms with van der Waals surface area (Å²) in [4.78, 5) is 15.7. The summed E-state index contributed by atoms with van der Waals surface area (Å²) >= 11 is -1.24. The van der Waals surface area contributed by atoms with Crippen molar-refractivity contribution in [1.29, 1.82) is 0 Å². The predicted octanol–water partition coefficient (Wildman–Crippen LogP) is 5.54. The molecule has 2 aromatic heterocycles. The van der Waals surface area contributed by atoms with Crippen molar-refractivity contribution in [1.82, 2.24) is 9.71 Å². The molecule has 0 bridgehead atoms. The molecule has 0 aliphatic rings. The van der Waals surface area contributed by atoms with Crippen LogP contribution in [-0.2, 0) is 47.1 Å². The third-order valence-electron chi connectivity index (χ3n) is 5.85. The van der Waals surface area contributed by atoms with E-state index in [0.717, 1.165) is 22.1 Å². The average Bonchev–Trinajstić information content (AvgIpc) is 3.29. The number of hydrogen-bond acceptors (Lipinski definition) is 7. The topological polar surface area (TPSA) is 117 Å². The Labute approximate surface area is 229 Å². The number of furan rings is 1. The molecular formula is C29H31FN2O6S. The lowest BCUT2D eigenvalue weighted by Gasteiger charge is -2.23. The van der Waals surface area contributed by atoms with Gasteiger partial charge in [-0.15, -0.1) is 4.72 Å². The Morgan fingerprint density at radius 2 is 1.95 bits per heavy atom. The van der Waals surface area contributed by atoms with Gasteiger partial charge in [-0.2, -0.15) is 0 Å². The van der Waals surface area contributed by atoms with Gasteiger partial charge in [0.1, 0.15) is 40.9 Å². The van der Waals surface area contributed by atoms with Crippen molar-refractivity contribution in [3.05, 3.63) is 83.1 Å². The van der Waals surface area contributed by atoms with E-state index >= 15 is 0 Å². The first-order valence-electron chi connectivity index (χ1n) is 12.3. The van der Waals surface area contributed by atoms with Crippen LogP contribution in [0.25, 0.3) is 22.1 Å². The number of ether oxygens (including phenoxy) is 2. The maximum Gasteiger partial charge on any atom is 0.307 e. The fourth-order valence-corrected chi connectivity index (χ4v) is 4.72. The molecule has 0 spiro atoms. The molecule has 2 heterocycles. The SMILES string of the molecule is COCc1cc2cc(COc3cc(F)ccc3CC(=O)O)cc(-c3ccnc(CN[S@@+]([O-])C(C)(C)C)c3)c2o1. The molecule has 2 aromatic carbocycles. The highest BCUT2D eigenvalue weighted by Crippen LogP contribution is 2.34. The van der Waals surface area contributed by atoms with Gasteiger partial charge in [0.25, 0.3) is 0 Å².